The summed E-state index contributed by atoms with van der Waals surface area (Å²) in [5.41, 5.74) is 12.3. The predicted molar refractivity (Wildman–Crippen MR) is 211 cm³/mol. The number of hydrogen-bond acceptors (Lipinski definition) is 9. The minimum absolute atomic E-state index is 0.0818. The van der Waals surface area contributed by atoms with Crippen LogP contribution >= 0.6 is 0 Å². The number of ether oxygens (including phenoxy) is 1. The molecule has 0 saturated carbocycles. The molecular weight excluding hydrogens is 698 g/mol. The van der Waals surface area contributed by atoms with Gasteiger partial charge < -0.3 is 26.0 Å². The molecule has 2 saturated heterocycles. The van der Waals surface area contributed by atoms with E-state index in [1.807, 2.05) is 36.0 Å². The number of hydrogen-bond donors (Lipinski definition) is 3. The van der Waals surface area contributed by atoms with E-state index in [0.717, 1.165) is 83.7 Å². The maximum absolute atomic E-state index is 15.7. The van der Waals surface area contributed by atoms with Gasteiger partial charge in [0.2, 0.25) is 5.91 Å². The van der Waals surface area contributed by atoms with Crippen molar-refractivity contribution >= 4 is 28.5 Å². The number of halogens is 1. The van der Waals surface area contributed by atoms with Crippen LogP contribution in [0.4, 0.5) is 10.1 Å². The smallest absolute Gasteiger partial charge is 0.273 e. The molecule has 55 heavy (non-hydrogen) atoms. The van der Waals surface area contributed by atoms with E-state index >= 15 is 4.39 Å². The van der Waals surface area contributed by atoms with Crippen molar-refractivity contribution in [2.45, 2.75) is 78.3 Å². The van der Waals surface area contributed by atoms with Crippen LogP contribution in [-0.4, -0.2) is 86.3 Å². The van der Waals surface area contributed by atoms with Gasteiger partial charge in [-0.15, -0.1) is 0 Å². The summed E-state index contributed by atoms with van der Waals surface area (Å²) in [6.07, 6.45) is 5.55. The number of anilines is 1. The molecule has 5 aromatic rings. The monoisotopic (exact) mass is 747 g/mol. The predicted octanol–water partition coefficient (Wildman–Crippen LogP) is 5.54. The molecule has 2 aromatic carbocycles. The van der Waals surface area contributed by atoms with Crippen molar-refractivity contribution in [2.24, 2.45) is 5.73 Å². The number of carbonyl (C=O) groups is 2. The molecule has 288 valence electrons. The second-order valence-corrected chi connectivity index (χ2v) is 14.6. The van der Waals surface area contributed by atoms with E-state index in [1.165, 1.54) is 24.4 Å². The second-order valence-electron chi connectivity index (χ2n) is 14.6. The number of piperazine rings is 1. The highest BCUT2D eigenvalue weighted by Gasteiger charge is 2.27. The van der Waals surface area contributed by atoms with Gasteiger partial charge in [-0.1, -0.05) is 31.2 Å². The SMILES string of the molecule is CCc1nc2c(cnn2CC)c(NC2CCOCC2)c1CN(Cc1ccc(F)c(-c2cccc(CN3CCN[C@@H](C)C3)c2)c1)C(=O)c1cc(C(N)=O)ccn1. The number of carbonyl (C=O) groups excluding carboxylic acids is 2. The zero-order valence-electron chi connectivity index (χ0n) is 31.9. The molecule has 0 aliphatic carbocycles. The summed E-state index contributed by atoms with van der Waals surface area (Å²) >= 11 is 0. The van der Waals surface area contributed by atoms with Gasteiger partial charge in [-0.25, -0.2) is 14.1 Å². The molecule has 13 heteroatoms. The van der Waals surface area contributed by atoms with Crippen molar-refractivity contribution < 1.29 is 18.7 Å². The van der Waals surface area contributed by atoms with Crippen LogP contribution in [0.15, 0.2) is 67.0 Å². The Morgan fingerprint density at radius 2 is 1.91 bits per heavy atom. The molecule has 1 atom stereocenters. The number of amides is 2. The van der Waals surface area contributed by atoms with Gasteiger partial charge in [0.05, 0.1) is 23.8 Å². The van der Waals surface area contributed by atoms with E-state index in [4.69, 9.17) is 15.5 Å². The van der Waals surface area contributed by atoms with Gasteiger partial charge >= 0.3 is 0 Å². The lowest BCUT2D eigenvalue weighted by Crippen LogP contribution is -2.48. The maximum atomic E-state index is 15.7. The van der Waals surface area contributed by atoms with Gasteiger partial charge in [0, 0.05) is 93.1 Å². The molecule has 12 nitrogen and oxygen atoms in total. The van der Waals surface area contributed by atoms with E-state index in [2.05, 4.69) is 51.6 Å². The first-order chi connectivity index (χ1) is 26.7. The molecule has 2 amide bonds. The molecule has 0 unspecified atom stereocenters. The average Bonchev–Trinajstić information content (AvgIpc) is 3.62. The number of benzene rings is 2. The van der Waals surface area contributed by atoms with Crippen molar-refractivity contribution in [1.29, 1.82) is 0 Å². The van der Waals surface area contributed by atoms with Gasteiger partial charge in [0.1, 0.15) is 11.5 Å². The lowest BCUT2D eigenvalue weighted by atomic mass is 9.99. The molecule has 2 fully saturated rings. The molecule has 0 radical (unpaired) electrons. The molecule has 7 rings (SSSR count). The first-order valence-corrected chi connectivity index (χ1v) is 19.3. The molecule has 0 spiro atoms. The summed E-state index contributed by atoms with van der Waals surface area (Å²) in [6.45, 7) is 12.2. The number of rotatable bonds is 13. The van der Waals surface area contributed by atoms with Crippen molar-refractivity contribution in [1.82, 2.24) is 34.9 Å². The van der Waals surface area contributed by atoms with Crippen LogP contribution in [-0.2, 0) is 37.3 Å². The van der Waals surface area contributed by atoms with E-state index in [-0.39, 0.29) is 36.2 Å². The third-order valence-electron chi connectivity index (χ3n) is 10.6. The molecular formula is C42H50FN9O3. The fraction of sp³-hybridized carbons (Fsp3) is 0.405. The van der Waals surface area contributed by atoms with Gasteiger partial charge in [-0.05, 0) is 80.1 Å². The summed E-state index contributed by atoms with van der Waals surface area (Å²) in [6, 6.07) is 16.5. The van der Waals surface area contributed by atoms with Crippen molar-refractivity contribution in [3.63, 3.8) is 0 Å². The second kappa shape index (κ2) is 17.1. The Labute approximate surface area is 321 Å². The van der Waals surface area contributed by atoms with Crippen LogP contribution in [0, 0.1) is 5.82 Å². The summed E-state index contributed by atoms with van der Waals surface area (Å²) < 4.78 is 23.2. The fourth-order valence-corrected chi connectivity index (χ4v) is 7.70. The topological polar surface area (TPSA) is 144 Å². The summed E-state index contributed by atoms with van der Waals surface area (Å²) in [5, 5.41) is 12.8. The summed E-state index contributed by atoms with van der Waals surface area (Å²) in [4.78, 5) is 40.3. The quantitative estimate of drug-likeness (QED) is 0.142. The van der Waals surface area contributed by atoms with Crippen LogP contribution in [0.25, 0.3) is 22.2 Å². The normalized spacial score (nSPS) is 16.7. The molecule has 2 aliphatic heterocycles. The van der Waals surface area contributed by atoms with Gasteiger partial charge in [-0.2, -0.15) is 5.10 Å². The standard InChI is InChI=1S/C42H50FN9O3/c1-4-37-35(39(48-32-12-17-55-18-13-32)34-22-47-52(5-2)41(34)49-37)26-51(42(54)38-21-31(40(44)53)11-14-46-38)25-29-9-10-36(43)33(20-29)30-8-6-7-28(19-30)24-50-16-15-45-27(3)23-50/h6-11,14,19-22,27,32,45H,4-5,12-13,15-18,23-26H2,1-3H3,(H2,44,53)(H,48,49)/t27-/m0/s1. The number of nitrogens with zero attached hydrogens (tertiary/aromatic N) is 6. The fourth-order valence-electron chi connectivity index (χ4n) is 7.70. The van der Waals surface area contributed by atoms with E-state index in [0.29, 0.717) is 37.8 Å². The molecule has 2 aliphatic rings. The number of aromatic nitrogens is 4. The van der Waals surface area contributed by atoms with Gasteiger partial charge in [0.15, 0.2) is 5.65 Å². The highest BCUT2D eigenvalue weighted by molar-refractivity contribution is 5.98. The average molecular weight is 748 g/mol. The largest absolute Gasteiger partial charge is 0.381 e. The highest BCUT2D eigenvalue weighted by atomic mass is 19.1. The van der Waals surface area contributed by atoms with Crippen molar-refractivity contribution in [2.75, 3.05) is 38.2 Å². The summed E-state index contributed by atoms with van der Waals surface area (Å²) in [7, 11) is 0. The van der Waals surface area contributed by atoms with E-state index in [9.17, 15) is 9.59 Å². The molecule has 3 aromatic heterocycles. The zero-order valence-corrected chi connectivity index (χ0v) is 31.9. The molecule has 4 N–H and O–H groups in total. The number of primary amides is 1. The first kappa shape index (κ1) is 38.1. The minimum atomic E-state index is -0.654. The summed E-state index contributed by atoms with van der Waals surface area (Å²) in [5.74, 6) is -1.40. The van der Waals surface area contributed by atoms with Crippen LogP contribution in [0.1, 0.15) is 76.8 Å². The number of nitrogens with one attached hydrogen (secondary N) is 2. The highest BCUT2D eigenvalue weighted by Crippen LogP contribution is 2.33. The van der Waals surface area contributed by atoms with Crippen LogP contribution in [0.3, 0.4) is 0 Å². The third kappa shape index (κ3) is 8.69. The zero-order chi connectivity index (χ0) is 38.5. The van der Waals surface area contributed by atoms with E-state index in [1.54, 1.807) is 11.0 Å². The third-order valence-corrected chi connectivity index (χ3v) is 10.6. The maximum Gasteiger partial charge on any atom is 0.273 e. The van der Waals surface area contributed by atoms with Crippen LogP contribution in [0.5, 0.6) is 0 Å². The van der Waals surface area contributed by atoms with Crippen molar-refractivity contribution in [3.05, 3.63) is 106 Å². The van der Waals surface area contributed by atoms with Gasteiger partial charge in [-0.3, -0.25) is 19.5 Å². The Morgan fingerprint density at radius 1 is 1.07 bits per heavy atom. The van der Waals surface area contributed by atoms with E-state index < -0.39 is 11.8 Å². The Balaban J connectivity index is 1.27. The Morgan fingerprint density at radius 3 is 2.67 bits per heavy atom. The Kier molecular flexibility index (Phi) is 11.8. The van der Waals surface area contributed by atoms with Crippen LogP contribution < -0.4 is 16.4 Å². The lowest BCUT2D eigenvalue weighted by molar-refractivity contribution is 0.0723. The Bertz CT molecular complexity index is 2170. The lowest BCUT2D eigenvalue weighted by Gasteiger charge is -2.31. The number of nitrogens with two attached hydrogens (primary N) is 1. The number of aryl methyl sites for hydroxylation is 2. The van der Waals surface area contributed by atoms with Crippen LogP contribution in [0.2, 0.25) is 0 Å². The van der Waals surface area contributed by atoms with Gasteiger partial charge in [0.25, 0.3) is 5.91 Å². The number of fused-ring (bicyclic) bond motifs is 1. The minimum Gasteiger partial charge on any atom is -0.381 e. The molecule has 0 bridgehead atoms. The number of pyridine rings is 2. The molecule has 5 heterocycles. The Hall–Kier alpha value is -5.24. The van der Waals surface area contributed by atoms with Crippen molar-refractivity contribution in [3.8, 4) is 11.1 Å². The first-order valence-electron chi connectivity index (χ1n) is 19.3.